The van der Waals surface area contributed by atoms with E-state index in [1.54, 1.807) is 27.7 Å². The number of nitrogens with zero attached hydrogens (tertiary/aromatic N) is 1. The number of hydrogen-bond acceptors (Lipinski definition) is 11. The van der Waals surface area contributed by atoms with Crippen LogP contribution in [0.3, 0.4) is 0 Å². The fourth-order valence-electron chi connectivity index (χ4n) is 5.36. The van der Waals surface area contributed by atoms with Gasteiger partial charge in [-0.2, -0.15) is 0 Å². The van der Waals surface area contributed by atoms with Crippen LogP contribution in [0.15, 0.2) is 4.99 Å². The smallest absolute Gasteiger partial charge is 0.306 e. The van der Waals surface area contributed by atoms with E-state index >= 15 is 0 Å². The number of unbranched alkanes of at least 4 members (excludes halogenated alkanes) is 1. The molecule has 0 aromatic rings. The average Bonchev–Trinajstić information content (AvgIpc) is 3.04. The summed E-state index contributed by atoms with van der Waals surface area (Å²) in [6.45, 7) is 8.27. The van der Waals surface area contributed by atoms with Crippen LogP contribution in [-0.4, -0.2) is 114 Å². The highest BCUT2D eigenvalue weighted by Gasteiger charge is 2.26. The van der Waals surface area contributed by atoms with Gasteiger partial charge in [-0.1, -0.05) is 6.42 Å². The molecule has 308 valence electrons. The third kappa shape index (κ3) is 23.7. The van der Waals surface area contributed by atoms with Crippen molar-refractivity contribution in [3.63, 3.8) is 0 Å². The molecule has 0 radical (unpaired) electrons. The van der Waals surface area contributed by atoms with E-state index in [2.05, 4.69) is 36.9 Å². The maximum atomic E-state index is 12.8. The van der Waals surface area contributed by atoms with Gasteiger partial charge in [0.1, 0.15) is 17.9 Å². The van der Waals surface area contributed by atoms with Gasteiger partial charge in [-0.25, -0.2) is 0 Å². The number of nitrogens with one attached hydrogen (secondary N) is 6. The van der Waals surface area contributed by atoms with E-state index in [0.717, 1.165) is 0 Å². The number of carboxylic acids is 1. The summed E-state index contributed by atoms with van der Waals surface area (Å²) >= 11 is 0. The molecule has 7 atom stereocenters. The number of carbonyl (C=O) groups is 8. The SMILES string of the molecule is C[C@H](CC(=O)C[C@@H](CCCCN)C(=O)O)NC(=O)C[C@@H](C)NC(=O)C[C@@H](C)NC(=O)C[C@@H](C)NC(=O)[C@H](C)NC(=O)[C@H](CCCN=C(N)N)NC(=O)CN. The van der Waals surface area contributed by atoms with Gasteiger partial charge >= 0.3 is 5.97 Å². The number of amides is 6. The van der Waals surface area contributed by atoms with E-state index in [1.165, 1.54) is 6.92 Å². The molecule has 0 saturated carbocycles. The van der Waals surface area contributed by atoms with Crippen LogP contribution in [0.2, 0.25) is 0 Å². The molecule has 15 N–H and O–H groups in total. The standard InChI is InChI=1S/C34H63N11O9/c1-19(13-25(46)17-24(33(53)54)9-6-7-11-35)40-27(47)14-20(2)41-28(48)15-21(3)42-29(49)16-22(4)43-31(51)23(5)44-32(52)26(45-30(50)18-36)10-8-12-39-34(37)38/h19-24,26H,6-18,35-36H2,1-5H3,(H,40,47)(H,41,48)(H,42,49)(H,43,51)(H,44,52)(H,45,50)(H,53,54)(H4,37,38,39)/t19-,20-,21-,22-,23+,24-,26+/m1/s1. The first kappa shape index (κ1) is 49.1. The van der Waals surface area contributed by atoms with Gasteiger partial charge in [-0.3, -0.25) is 43.3 Å². The molecular formula is C34H63N11O9. The van der Waals surface area contributed by atoms with E-state index < -0.39 is 83.6 Å². The van der Waals surface area contributed by atoms with Crippen molar-refractivity contribution >= 4 is 53.2 Å². The maximum Gasteiger partial charge on any atom is 0.306 e. The van der Waals surface area contributed by atoms with Crippen molar-refractivity contribution in [3.8, 4) is 0 Å². The fraction of sp³-hybridized carbons (Fsp3) is 0.735. The van der Waals surface area contributed by atoms with Crippen molar-refractivity contribution in [1.82, 2.24) is 31.9 Å². The van der Waals surface area contributed by atoms with Gasteiger partial charge < -0.3 is 59.9 Å². The molecule has 6 amide bonds. The van der Waals surface area contributed by atoms with Crippen molar-refractivity contribution in [2.45, 2.75) is 135 Å². The number of rotatable bonds is 28. The lowest BCUT2D eigenvalue weighted by Crippen LogP contribution is -2.54. The quantitative estimate of drug-likeness (QED) is 0.0220. The molecule has 0 rings (SSSR count). The summed E-state index contributed by atoms with van der Waals surface area (Å²) in [6.07, 6.45) is 1.75. The van der Waals surface area contributed by atoms with Crippen LogP contribution < -0.4 is 54.8 Å². The molecule has 0 aliphatic heterocycles. The minimum Gasteiger partial charge on any atom is -0.481 e. The lowest BCUT2D eigenvalue weighted by molar-refractivity contribution is -0.144. The second kappa shape index (κ2) is 26.8. The van der Waals surface area contributed by atoms with Crippen LogP contribution in [0.1, 0.15) is 98.8 Å². The van der Waals surface area contributed by atoms with Crippen molar-refractivity contribution in [2.75, 3.05) is 19.6 Å². The molecule has 0 bridgehead atoms. The predicted octanol–water partition coefficient (Wildman–Crippen LogP) is -2.64. The number of guanidine groups is 1. The molecule has 0 aromatic heterocycles. The number of aliphatic carboxylic acids is 1. The molecule has 0 spiro atoms. The molecule has 0 saturated heterocycles. The monoisotopic (exact) mass is 769 g/mol. The number of Topliss-reactive ketones (excluding diaryl/α,β-unsaturated/α-hetero) is 1. The van der Waals surface area contributed by atoms with Crippen LogP contribution in [0.25, 0.3) is 0 Å². The van der Waals surface area contributed by atoms with E-state index in [0.29, 0.717) is 32.2 Å². The lowest BCUT2D eigenvalue weighted by atomic mass is 9.94. The summed E-state index contributed by atoms with van der Waals surface area (Å²) in [6, 6.07) is -4.30. The number of ketones is 1. The van der Waals surface area contributed by atoms with Gasteiger partial charge in [0.05, 0.1) is 12.5 Å². The number of hydrogen-bond donors (Lipinski definition) is 11. The Morgan fingerprint density at radius 2 is 1.07 bits per heavy atom. The zero-order valence-electron chi connectivity index (χ0n) is 32.2. The molecule has 0 fully saturated rings. The summed E-state index contributed by atoms with van der Waals surface area (Å²) in [4.78, 5) is 103. The van der Waals surface area contributed by atoms with Crippen molar-refractivity contribution < 1.29 is 43.5 Å². The van der Waals surface area contributed by atoms with Crippen LogP contribution in [0.5, 0.6) is 0 Å². The Morgan fingerprint density at radius 3 is 1.54 bits per heavy atom. The highest BCUT2D eigenvalue weighted by Crippen LogP contribution is 2.15. The van der Waals surface area contributed by atoms with Gasteiger partial charge in [0.2, 0.25) is 35.4 Å². The van der Waals surface area contributed by atoms with Crippen LogP contribution in [0.4, 0.5) is 0 Å². The first-order valence-corrected chi connectivity index (χ1v) is 18.3. The molecule has 54 heavy (non-hydrogen) atoms. The van der Waals surface area contributed by atoms with E-state index in [-0.39, 0.29) is 63.4 Å². The Labute approximate surface area is 316 Å². The third-order valence-electron chi connectivity index (χ3n) is 7.98. The van der Waals surface area contributed by atoms with Gasteiger partial charge in [-0.15, -0.1) is 0 Å². The molecule has 0 unspecified atom stereocenters. The predicted molar refractivity (Wildman–Crippen MR) is 201 cm³/mol. The summed E-state index contributed by atoms with van der Waals surface area (Å²) in [5, 5.41) is 25.2. The van der Waals surface area contributed by atoms with Crippen molar-refractivity contribution in [2.24, 2.45) is 33.8 Å². The van der Waals surface area contributed by atoms with Gasteiger partial charge in [-0.05, 0) is 66.8 Å². The Morgan fingerprint density at radius 1 is 0.574 bits per heavy atom. The normalized spacial score (nSPS) is 14.7. The molecule has 0 aliphatic rings. The summed E-state index contributed by atoms with van der Waals surface area (Å²) in [5.41, 5.74) is 21.4. The largest absolute Gasteiger partial charge is 0.481 e. The summed E-state index contributed by atoms with van der Waals surface area (Å²) in [7, 11) is 0. The van der Waals surface area contributed by atoms with Crippen molar-refractivity contribution in [1.29, 1.82) is 0 Å². The van der Waals surface area contributed by atoms with E-state index in [9.17, 15) is 43.5 Å². The second-order valence-electron chi connectivity index (χ2n) is 13.7. The fourth-order valence-corrected chi connectivity index (χ4v) is 5.36. The zero-order valence-corrected chi connectivity index (χ0v) is 32.2. The van der Waals surface area contributed by atoms with E-state index in [4.69, 9.17) is 22.9 Å². The first-order chi connectivity index (χ1) is 25.3. The molecule has 20 heteroatoms. The Kier molecular flexibility index (Phi) is 24.4. The highest BCUT2D eigenvalue weighted by atomic mass is 16.4. The average molecular weight is 770 g/mol. The number of aliphatic imine (C=N–C) groups is 1. The topological polar surface area (TPSA) is 345 Å². The minimum absolute atomic E-state index is 0.0250. The zero-order chi connectivity index (χ0) is 41.4. The van der Waals surface area contributed by atoms with Gasteiger partial charge in [0.25, 0.3) is 0 Å². The van der Waals surface area contributed by atoms with Crippen molar-refractivity contribution in [3.05, 3.63) is 0 Å². The lowest BCUT2D eigenvalue weighted by Gasteiger charge is -2.22. The number of nitrogens with two attached hydrogens (primary N) is 4. The number of carbonyl (C=O) groups excluding carboxylic acids is 7. The van der Waals surface area contributed by atoms with E-state index in [1.807, 2.05) is 0 Å². The van der Waals surface area contributed by atoms with Gasteiger partial charge in [0, 0.05) is 62.8 Å². The Hall–Kier alpha value is -4.85. The van der Waals surface area contributed by atoms with Crippen LogP contribution >= 0.6 is 0 Å². The highest BCUT2D eigenvalue weighted by molar-refractivity contribution is 5.92. The molecule has 0 aromatic carbocycles. The molecule has 20 nitrogen and oxygen atoms in total. The maximum absolute atomic E-state index is 12.8. The summed E-state index contributed by atoms with van der Waals surface area (Å²) < 4.78 is 0. The Bertz CT molecular complexity index is 1290. The molecule has 0 heterocycles. The summed E-state index contributed by atoms with van der Waals surface area (Å²) in [5.74, 6) is -5.22. The Balaban J connectivity index is 4.69. The minimum atomic E-state index is -1.04. The third-order valence-corrected chi connectivity index (χ3v) is 7.98. The molecular weight excluding hydrogens is 706 g/mol. The second-order valence-corrected chi connectivity index (χ2v) is 13.7. The number of carboxylic acid groups (broad SMARTS) is 1. The van der Waals surface area contributed by atoms with Crippen LogP contribution in [0, 0.1) is 5.92 Å². The molecule has 0 aliphatic carbocycles. The van der Waals surface area contributed by atoms with Crippen LogP contribution in [-0.2, 0) is 38.4 Å². The first-order valence-electron chi connectivity index (χ1n) is 18.3. The van der Waals surface area contributed by atoms with Gasteiger partial charge in [0.15, 0.2) is 5.96 Å².